The predicted molar refractivity (Wildman–Crippen MR) is 94.6 cm³/mol. The Morgan fingerprint density at radius 2 is 1.88 bits per heavy atom. The van der Waals surface area contributed by atoms with Crippen molar-refractivity contribution in [2.24, 2.45) is 0 Å². The maximum absolute atomic E-state index is 11.9. The summed E-state index contributed by atoms with van der Waals surface area (Å²) in [4.78, 5) is 22.4. The maximum Gasteiger partial charge on any atom is 0.417 e. The van der Waals surface area contributed by atoms with Gasteiger partial charge in [-0.15, -0.1) is 0 Å². The van der Waals surface area contributed by atoms with Crippen molar-refractivity contribution in [3.8, 4) is 5.75 Å². The first-order valence-corrected chi connectivity index (χ1v) is 7.76. The van der Waals surface area contributed by atoms with Crippen molar-refractivity contribution >= 4 is 33.9 Å². The molecule has 0 radical (unpaired) electrons. The SMILES string of the molecule is O=c1oc2ccccc2c(NCCOc2ccc(Cl)cc2)c1[N+](=O)[O-]. The van der Waals surface area contributed by atoms with Crippen LogP contribution in [0.4, 0.5) is 11.4 Å². The van der Waals surface area contributed by atoms with Crippen molar-refractivity contribution in [3.05, 3.63) is 74.1 Å². The van der Waals surface area contributed by atoms with Gasteiger partial charge < -0.3 is 14.5 Å². The van der Waals surface area contributed by atoms with Gasteiger partial charge in [0.15, 0.2) is 0 Å². The number of para-hydroxylation sites is 1. The second kappa shape index (κ2) is 7.23. The molecule has 1 aromatic heterocycles. The molecule has 0 saturated heterocycles. The molecule has 1 heterocycles. The van der Waals surface area contributed by atoms with E-state index in [2.05, 4.69) is 5.32 Å². The maximum atomic E-state index is 11.9. The van der Waals surface area contributed by atoms with Gasteiger partial charge in [0, 0.05) is 17.0 Å². The highest BCUT2D eigenvalue weighted by molar-refractivity contribution is 6.30. The normalized spacial score (nSPS) is 10.6. The summed E-state index contributed by atoms with van der Waals surface area (Å²) in [5.41, 5.74) is -1.22. The van der Waals surface area contributed by atoms with Gasteiger partial charge in [0.05, 0.1) is 4.92 Å². The van der Waals surface area contributed by atoms with Crippen molar-refractivity contribution < 1.29 is 14.1 Å². The van der Waals surface area contributed by atoms with Gasteiger partial charge >= 0.3 is 11.3 Å². The van der Waals surface area contributed by atoms with Gasteiger partial charge in [-0.2, -0.15) is 0 Å². The summed E-state index contributed by atoms with van der Waals surface area (Å²) in [6.45, 7) is 0.504. The molecule has 8 heteroatoms. The second-order valence-electron chi connectivity index (χ2n) is 5.10. The fourth-order valence-corrected chi connectivity index (χ4v) is 2.49. The van der Waals surface area contributed by atoms with Gasteiger partial charge in [0.2, 0.25) is 0 Å². The summed E-state index contributed by atoms with van der Waals surface area (Å²) in [5, 5.41) is 15.2. The Kier molecular flexibility index (Phi) is 4.85. The number of nitro groups is 1. The number of benzene rings is 2. The zero-order chi connectivity index (χ0) is 17.8. The van der Waals surface area contributed by atoms with Crippen LogP contribution in [0.1, 0.15) is 0 Å². The van der Waals surface area contributed by atoms with Crippen LogP contribution in [-0.2, 0) is 0 Å². The Morgan fingerprint density at radius 1 is 1.16 bits per heavy atom. The second-order valence-corrected chi connectivity index (χ2v) is 5.53. The van der Waals surface area contributed by atoms with Crippen molar-refractivity contribution in [2.75, 3.05) is 18.5 Å². The van der Waals surface area contributed by atoms with E-state index < -0.39 is 16.2 Å². The van der Waals surface area contributed by atoms with E-state index in [0.717, 1.165) is 0 Å². The molecular weight excluding hydrogens is 348 g/mol. The first kappa shape index (κ1) is 16.8. The highest BCUT2D eigenvalue weighted by atomic mass is 35.5. The van der Waals surface area contributed by atoms with Crippen molar-refractivity contribution in [1.82, 2.24) is 0 Å². The molecule has 7 nitrogen and oxygen atoms in total. The lowest BCUT2D eigenvalue weighted by Crippen LogP contribution is -2.16. The van der Waals surface area contributed by atoms with E-state index in [0.29, 0.717) is 16.2 Å². The fourth-order valence-electron chi connectivity index (χ4n) is 2.36. The number of ether oxygens (including phenoxy) is 1. The Bertz CT molecular complexity index is 969. The molecule has 3 rings (SSSR count). The molecule has 0 aliphatic carbocycles. The number of halogens is 1. The molecule has 128 valence electrons. The highest BCUT2D eigenvalue weighted by Crippen LogP contribution is 2.29. The van der Waals surface area contributed by atoms with Crippen LogP contribution in [0.25, 0.3) is 11.0 Å². The molecule has 0 bridgehead atoms. The van der Waals surface area contributed by atoms with Crippen LogP contribution < -0.4 is 15.7 Å². The number of fused-ring (bicyclic) bond motifs is 1. The first-order chi connectivity index (χ1) is 12.1. The van der Waals surface area contributed by atoms with E-state index >= 15 is 0 Å². The Labute approximate surface area is 146 Å². The molecular formula is C17H13ClN2O5. The summed E-state index contributed by atoms with van der Waals surface area (Å²) >= 11 is 5.80. The monoisotopic (exact) mass is 360 g/mol. The Balaban J connectivity index is 1.80. The number of rotatable bonds is 6. The minimum Gasteiger partial charge on any atom is -0.492 e. The van der Waals surface area contributed by atoms with Crippen LogP contribution in [-0.4, -0.2) is 18.1 Å². The predicted octanol–water partition coefficient (Wildman–Crippen LogP) is 3.85. The molecule has 0 unspecified atom stereocenters. The van der Waals surface area contributed by atoms with Crippen LogP contribution >= 0.6 is 11.6 Å². The molecule has 3 aromatic rings. The van der Waals surface area contributed by atoms with Gasteiger partial charge in [-0.1, -0.05) is 23.7 Å². The third-order valence-electron chi connectivity index (χ3n) is 3.46. The van der Waals surface area contributed by atoms with Gasteiger partial charge in [0.1, 0.15) is 23.6 Å². The lowest BCUT2D eigenvalue weighted by molar-refractivity contribution is -0.386. The van der Waals surface area contributed by atoms with E-state index in [4.69, 9.17) is 20.8 Å². The molecule has 0 aliphatic rings. The van der Waals surface area contributed by atoms with Crippen LogP contribution in [0.2, 0.25) is 5.02 Å². The molecule has 1 N–H and O–H groups in total. The van der Waals surface area contributed by atoms with Crippen molar-refractivity contribution in [2.45, 2.75) is 0 Å². The Morgan fingerprint density at radius 3 is 2.60 bits per heavy atom. The lowest BCUT2D eigenvalue weighted by atomic mass is 10.2. The largest absolute Gasteiger partial charge is 0.492 e. The average Bonchev–Trinajstić information content (AvgIpc) is 2.59. The molecule has 0 atom stereocenters. The minimum atomic E-state index is -0.996. The van der Waals surface area contributed by atoms with Gasteiger partial charge in [0.25, 0.3) is 0 Å². The third kappa shape index (κ3) is 3.72. The van der Waals surface area contributed by atoms with Crippen molar-refractivity contribution in [1.29, 1.82) is 0 Å². The van der Waals surface area contributed by atoms with Gasteiger partial charge in [-0.3, -0.25) is 10.1 Å². The number of hydrogen-bond donors (Lipinski definition) is 1. The van der Waals surface area contributed by atoms with Crippen LogP contribution in [0.5, 0.6) is 5.75 Å². The van der Waals surface area contributed by atoms with E-state index in [9.17, 15) is 14.9 Å². The topological polar surface area (TPSA) is 94.6 Å². The quantitative estimate of drug-likeness (QED) is 0.310. The molecule has 0 amide bonds. The molecule has 0 fully saturated rings. The number of nitrogens with one attached hydrogen (secondary N) is 1. The molecule has 0 saturated carbocycles. The summed E-state index contributed by atoms with van der Waals surface area (Å²) in [5.74, 6) is 0.623. The van der Waals surface area contributed by atoms with E-state index in [-0.39, 0.29) is 24.4 Å². The average molecular weight is 361 g/mol. The van der Waals surface area contributed by atoms with Crippen LogP contribution in [0.3, 0.4) is 0 Å². The van der Waals surface area contributed by atoms with Crippen LogP contribution in [0, 0.1) is 10.1 Å². The van der Waals surface area contributed by atoms with Crippen molar-refractivity contribution in [3.63, 3.8) is 0 Å². The number of hydrogen-bond acceptors (Lipinski definition) is 6. The molecule has 2 aromatic carbocycles. The zero-order valence-corrected chi connectivity index (χ0v) is 13.7. The van der Waals surface area contributed by atoms with E-state index in [1.807, 2.05) is 0 Å². The van der Waals surface area contributed by atoms with Gasteiger partial charge in [-0.05, 0) is 36.4 Å². The fraction of sp³-hybridized carbons (Fsp3) is 0.118. The van der Waals surface area contributed by atoms with E-state index in [1.54, 1.807) is 48.5 Å². The molecule has 25 heavy (non-hydrogen) atoms. The van der Waals surface area contributed by atoms with E-state index in [1.165, 1.54) is 0 Å². The number of nitrogens with zero attached hydrogens (tertiary/aromatic N) is 1. The molecule has 0 spiro atoms. The van der Waals surface area contributed by atoms with Gasteiger partial charge in [-0.25, -0.2) is 4.79 Å². The molecule has 0 aliphatic heterocycles. The zero-order valence-electron chi connectivity index (χ0n) is 12.9. The Hall–Kier alpha value is -3.06. The summed E-state index contributed by atoms with van der Waals surface area (Å²) < 4.78 is 10.5. The summed E-state index contributed by atoms with van der Waals surface area (Å²) in [7, 11) is 0. The third-order valence-corrected chi connectivity index (χ3v) is 3.71. The highest BCUT2D eigenvalue weighted by Gasteiger charge is 2.24. The minimum absolute atomic E-state index is 0.122. The standard InChI is InChI=1S/C17H13ClN2O5/c18-11-5-7-12(8-6-11)24-10-9-19-15-13-3-1-2-4-14(13)25-17(21)16(15)20(22)23/h1-8,19H,9-10H2. The number of anilines is 1. The first-order valence-electron chi connectivity index (χ1n) is 7.39. The smallest absolute Gasteiger partial charge is 0.417 e. The summed E-state index contributed by atoms with van der Waals surface area (Å²) in [6.07, 6.45) is 0. The lowest BCUT2D eigenvalue weighted by Gasteiger charge is -2.10. The summed E-state index contributed by atoms with van der Waals surface area (Å²) in [6, 6.07) is 13.5. The van der Waals surface area contributed by atoms with Crippen LogP contribution in [0.15, 0.2) is 57.7 Å².